The van der Waals surface area contributed by atoms with Crippen LogP contribution in [0.2, 0.25) is 0 Å². The van der Waals surface area contributed by atoms with Crippen molar-refractivity contribution in [2.75, 3.05) is 20.3 Å². The van der Waals surface area contributed by atoms with Crippen LogP contribution in [0.15, 0.2) is 12.4 Å². The lowest BCUT2D eigenvalue weighted by Crippen LogP contribution is -2.21. The molecular formula is C6H24B4N2O12. The number of hydrogen-bond acceptors (Lipinski definition) is 14. The molecule has 0 atom stereocenters. The quantitative estimate of drug-likeness (QED) is 0.194. The second-order valence-corrected chi connectivity index (χ2v) is 3.49. The summed E-state index contributed by atoms with van der Waals surface area (Å²) in [7, 11) is -6.59. The van der Waals surface area contributed by atoms with Crippen molar-refractivity contribution in [1.82, 2.24) is 9.80 Å². The molecule has 1 aliphatic heterocycles. The van der Waals surface area contributed by atoms with E-state index in [1.807, 2.05) is 0 Å². The van der Waals surface area contributed by atoms with Crippen LogP contribution in [-0.4, -0.2) is 120 Å². The van der Waals surface area contributed by atoms with E-state index in [1.165, 1.54) is 0 Å². The van der Waals surface area contributed by atoms with Gasteiger partial charge < -0.3 is 70.1 Å². The van der Waals surface area contributed by atoms with E-state index in [0.717, 1.165) is 13.2 Å². The van der Waals surface area contributed by atoms with Crippen molar-refractivity contribution in [3.63, 3.8) is 0 Å². The number of nitrogens with zero attached hydrogens (tertiary/aromatic N) is 2. The number of hydrogen-bond donors (Lipinski definition) is 12. The molecular weight excluding hydrogens is 335 g/mol. The first kappa shape index (κ1) is 30.9. The first-order valence-electron chi connectivity index (χ1n) is 6.05. The van der Waals surface area contributed by atoms with Crippen LogP contribution in [0.25, 0.3) is 0 Å². The van der Waals surface area contributed by atoms with Gasteiger partial charge in [0.25, 0.3) is 0 Å². The van der Waals surface area contributed by atoms with Crippen LogP contribution in [-0.2, 0) is 0 Å². The Balaban J connectivity index is -0.000000110. The third kappa shape index (κ3) is 83.5. The Kier molecular flexibility index (Phi) is 28.5. The molecule has 1 rings (SSSR count). The van der Waals surface area contributed by atoms with Gasteiger partial charge in [-0.3, -0.25) is 0 Å². The van der Waals surface area contributed by atoms with E-state index in [2.05, 4.69) is 36.2 Å². The molecule has 0 fully saturated rings. The van der Waals surface area contributed by atoms with E-state index in [0.29, 0.717) is 0 Å². The number of rotatable bonds is 1. The molecule has 18 heteroatoms. The fourth-order valence-electron chi connectivity index (χ4n) is 0.794. The van der Waals surface area contributed by atoms with Crippen LogP contribution < -0.4 is 0 Å². The van der Waals surface area contributed by atoms with Crippen molar-refractivity contribution < 1.29 is 60.3 Å². The minimum Gasteiger partial charge on any atom is -0.402 e. The molecule has 0 bridgehead atoms. The molecule has 0 aromatic rings. The van der Waals surface area contributed by atoms with Crippen LogP contribution in [0.1, 0.15) is 6.92 Å². The van der Waals surface area contributed by atoms with Crippen LogP contribution >= 0.6 is 0 Å². The highest BCUT2D eigenvalue weighted by Crippen LogP contribution is 2.00. The summed E-state index contributed by atoms with van der Waals surface area (Å²) in [4.78, 5) is 4.41. The Hall–Kier alpha value is -0.880. The summed E-state index contributed by atoms with van der Waals surface area (Å²) in [6, 6.07) is 0. The fraction of sp³-hybridized carbons (Fsp3) is 0.667. The molecule has 0 amide bonds. The van der Waals surface area contributed by atoms with E-state index in [-0.39, 0.29) is 0 Å². The minimum atomic E-state index is -2.17. The standard InChI is InChI=1S/C6H12N2.4BH3O3/c1-3-8-5-4-7(2)6-8;4*2-1(3)4/h4-5H,3,6H2,1-2H3;4*2-4H. The van der Waals surface area contributed by atoms with Crippen molar-refractivity contribution in [1.29, 1.82) is 0 Å². The van der Waals surface area contributed by atoms with Crippen LogP contribution in [0, 0.1) is 0 Å². The van der Waals surface area contributed by atoms with Gasteiger partial charge in [-0.15, -0.1) is 0 Å². The highest BCUT2D eigenvalue weighted by molar-refractivity contribution is 6.31. The van der Waals surface area contributed by atoms with E-state index >= 15 is 0 Å². The Morgan fingerprint density at radius 2 is 0.917 bits per heavy atom. The predicted octanol–water partition coefficient (Wildman–Crippen LogP) is -7.52. The second-order valence-electron chi connectivity index (χ2n) is 3.49. The normalized spacial score (nSPS) is 10.6. The van der Waals surface area contributed by atoms with Crippen molar-refractivity contribution in [3.05, 3.63) is 12.4 Å². The lowest BCUT2D eigenvalue weighted by molar-refractivity contribution is 0.276. The summed E-state index contributed by atoms with van der Waals surface area (Å²) in [6.07, 6.45) is 4.20. The zero-order chi connectivity index (χ0) is 20.3. The molecule has 0 aliphatic carbocycles. The van der Waals surface area contributed by atoms with Gasteiger partial charge >= 0.3 is 29.3 Å². The van der Waals surface area contributed by atoms with E-state index < -0.39 is 29.3 Å². The average Bonchev–Trinajstić information content (AvgIpc) is 2.72. The Bertz CT molecular complexity index is 227. The van der Waals surface area contributed by atoms with Crippen LogP contribution in [0.3, 0.4) is 0 Å². The van der Waals surface area contributed by atoms with E-state index in [9.17, 15) is 0 Å². The molecule has 1 aliphatic rings. The van der Waals surface area contributed by atoms with Crippen LogP contribution in [0.5, 0.6) is 0 Å². The molecule has 1 heterocycles. The second kappa shape index (κ2) is 22.1. The monoisotopic (exact) mass is 360 g/mol. The van der Waals surface area contributed by atoms with E-state index in [4.69, 9.17) is 60.3 Å². The molecule has 0 aromatic heterocycles. The van der Waals surface area contributed by atoms with Crippen molar-refractivity contribution in [2.45, 2.75) is 6.92 Å². The summed E-state index contributed by atoms with van der Waals surface area (Å²) < 4.78 is 0. The molecule has 0 aromatic carbocycles. The van der Waals surface area contributed by atoms with Crippen molar-refractivity contribution in [3.8, 4) is 0 Å². The third-order valence-corrected chi connectivity index (χ3v) is 1.34. The summed E-state index contributed by atoms with van der Waals surface area (Å²) in [5.41, 5.74) is 0. The molecule has 12 N–H and O–H groups in total. The van der Waals surface area contributed by atoms with Gasteiger partial charge in [-0.25, -0.2) is 0 Å². The maximum Gasteiger partial charge on any atom is 0.631 e. The minimum absolute atomic E-state index is 1.05. The molecule has 0 saturated heterocycles. The van der Waals surface area contributed by atoms with Crippen LogP contribution in [0.4, 0.5) is 0 Å². The molecule has 0 unspecified atom stereocenters. The Morgan fingerprint density at radius 3 is 1.00 bits per heavy atom. The van der Waals surface area contributed by atoms with Gasteiger partial charge in [0.15, 0.2) is 0 Å². The van der Waals surface area contributed by atoms with Gasteiger partial charge in [0, 0.05) is 26.0 Å². The largest absolute Gasteiger partial charge is 0.631 e. The summed E-state index contributed by atoms with van der Waals surface area (Å²) >= 11 is 0. The zero-order valence-corrected chi connectivity index (χ0v) is 13.1. The first-order valence-corrected chi connectivity index (χ1v) is 6.05. The predicted molar refractivity (Wildman–Crippen MR) is 83.8 cm³/mol. The molecule has 142 valence electrons. The Labute approximate surface area is 140 Å². The fourth-order valence-corrected chi connectivity index (χ4v) is 0.794. The van der Waals surface area contributed by atoms with Gasteiger partial charge in [-0.1, -0.05) is 0 Å². The zero-order valence-electron chi connectivity index (χ0n) is 13.1. The van der Waals surface area contributed by atoms with Gasteiger partial charge in [0.1, 0.15) is 0 Å². The van der Waals surface area contributed by atoms with Crippen molar-refractivity contribution in [2.24, 2.45) is 0 Å². The van der Waals surface area contributed by atoms with Gasteiger partial charge in [0.2, 0.25) is 0 Å². The molecule has 0 radical (unpaired) electrons. The summed E-state index contributed by atoms with van der Waals surface area (Å²) in [6.45, 7) is 4.32. The maximum absolute atomic E-state index is 7.17. The average molecular weight is 360 g/mol. The smallest absolute Gasteiger partial charge is 0.402 e. The molecule has 0 spiro atoms. The third-order valence-electron chi connectivity index (χ3n) is 1.34. The van der Waals surface area contributed by atoms with Gasteiger partial charge in [0.05, 0.1) is 6.67 Å². The maximum atomic E-state index is 7.17. The summed E-state index contributed by atoms with van der Waals surface area (Å²) in [5.74, 6) is 0. The van der Waals surface area contributed by atoms with Gasteiger partial charge in [-0.05, 0) is 6.92 Å². The van der Waals surface area contributed by atoms with Crippen molar-refractivity contribution >= 4 is 29.3 Å². The first-order chi connectivity index (χ1) is 10.8. The molecule has 14 nitrogen and oxygen atoms in total. The lowest BCUT2D eigenvalue weighted by Gasteiger charge is -2.14. The SMILES string of the molecule is CCN1C=CN(C)C1.OB(O)O.OB(O)O.OB(O)O.OB(O)O. The van der Waals surface area contributed by atoms with E-state index in [1.54, 1.807) is 0 Å². The highest BCUT2D eigenvalue weighted by atomic mass is 16.5. The molecule has 24 heavy (non-hydrogen) atoms. The highest BCUT2D eigenvalue weighted by Gasteiger charge is 2.03. The lowest BCUT2D eigenvalue weighted by atomic mass is 10.3. The molecule has 0 saturated carbocycles. The van der Waals surface area contributed by atoms with Gasteiger partial charge in [-0.2, -0.15) is 0 Å². The summed E-state index contributed by atoms with van der Waals surface area (Å²) in [5, 5.41) is 86.0. The Morgan fingerprint density at radius 1 is 0.667 bits per heavy atom. The topological polar surface area (TPSA) is 249 Å².